The first-order valence-electron chi connectivity index (χ1n) is 10.0. The van der Waals surface area contributed by atoms with Crippen LogP contribution in [0.2, 0.25) is 0 Å². The molecule has 0 saturated heterocycles. The van der Waals surface area contributed by atoms with Gasteiger partial charge in [-0.15, -0.1) is 0 Å². The van der Waals surface area contributed by atoms with Crippen molar-refractivity contribution >= 4 is 0 Å². The van der Waals surface area contributed by atoms with Crippen LogP contribution in [0.5, 0.6) is 0 Å². The van der Waals surface area contributed by atoms with Gasteiger partial charge in [-0.1, -0.05) is 91.0 Å². The molecule has 4 aromatic rings. The lowest BCUT2D eigenvalue weighted by Gasteiger charge is -2.39. The Morgan fingerprint density at radius 1 is 0.714 bits per heavy atom. The Balaban J connectivity index is 1.93. The normalized spacial score (nSPS) is 14.2. The van der Waals surface area contributed by atoms with Gasteiger partial charge in [0.2, 0.25) is 0 Å². The molecule has 138 valence electrons. The third kappa shape index (κ3) is 2.60. The van der Waals surface area contributed by atoms with Gasteiger partial charge in [0.15, 0.2) is 0 Å². The van der Waals surface area contributed by atoms with Gasteiger partial charge >= 0.3 is 0 Å². The van der Waals surface area contributed by atoms with Crippen LogP contribution in [0.25, 0.3) is 0 Å². The molecule has 0 bridgehead atoms. The van der Waals surface area contributed by atoms with Crippen molar-refractivity contribution in [2.45, 2.75) is 31.2 Å². The van der Waals surface area contributed by atoms with E-state index in [2.05, 4.69) is 109 Å². The van der Waals surface area contributed by atoms with E-state index in [0.717, 1.165) is 5.82 Å². The summed E-state index contributed by atoms with van der Waals surface area (Å²) < 4.78 is 2.49. The molecule has 0 amide bonds. The summed E-state index contributed by atoms with van der Waals surface area (Å²) in [6.07, 6.45) is 4.59. The van der Waals surface area contributed by atoms with Gasteiger partial charge in [0.1, 0.15) is 11.4 Å². The number of aromatic nitrogens is 2. The predicted molar refractivity (Wildman–Crippen MR) is 114 cm³/mol. The third-order valence-corrected chi connectivity index (χ3v) is 5.87. The van der Waals surface area contributed by atoms with Crippen molar-refractivity contribution in [1.29, 1.82) is 0 Å². The summed E-state index contributed by atoms with van der Waals surface area (Å²) in [5.74, 6) is 1.66. The second-order valence-corrected chi connectivity index (χ2v) is 7.65. The zero-order valence-corrected chi connectivity index (χ0v) is 16.1. The molecule has 0 aliphatic heterocycles. The first-order valence-corrected chi connectivity index (χ1v) is 10.0. The van der Waals surface area contributed by atoms with E-state index in [4.69, 9.17) is 4.98 Å². The SMILES string of the molecule is Cc1ncc(C2CC2)n1C(c1ccccc1)(c1ccccc1)c1ccccc1. The third-order valence-electron chi connectivity index (χ3n) is 5.87. The summed E-state index contributed by atoms with van der Waals surface area (Å²) in [6, 6.07) is 32.6. The Morgan fingerprint density at radius 3 is 1.54 bits per heavy atom. The summed E-state index contributed by atoms with van der Waals surface area (Å²) in [6.45, 7) is 2.13. The molecule has 1 aromatic heterocycles. The highest BCUT2D eigenvalue weighted by molar-refractivity contribution is 5.52. The van der Waals surface area contributed by atoms with Crippen molar-refractivity contribution < 1.29 is 0 Å². The topological polar surface area (TPSA) is 17.8 Å². The largest absolute Gasteiger partial charge is 0.313 e. The Kier molecular flexibility index (Phi) is 4.12. The molecule has 2 nitrogen and oxygen atoms in total. The maximum atomic E-state index is 4.78. The van der Waals surface area contributed by atoms with Crippen LogP contribution in [-0.4, -0.2) is 9.55 Å². The highest BCUT2D eigenvalue weighted by Crippen LogP contribution is 2.47. The summed E-state index contributed by atoms with van der Waals surface area (Å²) in [7, 11) is 0. The molecule has 1 saturated carbocycles. The summed E-state index contributed by atoms with van der Waals surface area (Å²) in [5.41, 5.74) is 4.68. The van der Waals surface area contributed by atoms with Crippen molar-refractivity contribution in [3.8, 4) is 0 Å². The standard InChI is InChI=1S/C26H24N2/c1-20-27-19-25(21-17-18-21)28(20)26(22-11-5-2-6-12-22,23-13-7-3-8-14-23)24-15-9-4-10-16-24/h2-16,19,21H,17-18H2,1H3. The summed E-state index contributed by atoms with van der Waals surface area (Å²) in [5, 5.41) is 0. The van der Waals surface area contributed by atoms with Gasteiger partial charge in [-0.05, 0) is 36.5 Å². The smallest absolute Gasteiger partial charge is 0.122 e. The van der Waals surface area contributed by atoms with Crippen molar-refractivity contribution in [3.05, 3.63) is 125 Å². The predicted octanol–water partition coefficient (Wildman–Crippen LogP) is 5.91. The minimum absolute atomic E-state index is 0.442. The number of aryl methyl sites for hydroxylation is 1. The van der Waals surface area contributed by atoms with Crippen molar-refractivity contribution in [1.82, 2.24) is 9.55 Å². The Hall–Kier alpha value is -3.13. The molecule has 1 aliphatic carbocycles. The maximum Gasteiger partial charge on any atom is 0.122 e. The van der Waals surface area contributed by atoms with Gasteiger partial charge < -0.3 is 4.57 Å². The van der Waals surface area contributed by atoms with Crippen molar-refractivity contribution in [3.63, 3.8) is 0 Å². The molecule has 0 unspecified atom stereocenters. The molecule has 0 N–H and O–H groups in total. The van der Waals surface area contributed by atoms with Crippen LogP contribution in [0.3, 0.4) is 0 Å². The van der Waals surface area contributed by atoms with Crippen LogP contribution in [0.1, 0.15) is 47.0 Å². The molecule has 1 heterocycles. The average molecular weight is 364 g/mol. The van der Waals surface area contributed by atoms with E-state index in [0.29, 0.717) is 5.92 Å². The highest BCUT2D eigenvalue weighted by atomic mass is 15.2. The van der Waals surface area contributed by atoms with Gasteiger partial charge in [-0.3, -0.25) is 0 Å². The van der Waals surface area contributed by atoms with Crippen LogP contribution in [0.4, 0.5) is 0 Å². The molecule has 0 spiro atoms. The highest BCUT2D eigenvalue weighted by Gasteiger charge is 2.42. The second-order valence-electron chi connectivity index (χ2n) is 7.65. The Labute approximate surface area is 166 Å². The number of benzene rings is 3. The molecular formula is C26H24N2. The van der Waals surface area contributed by atoms with Crippen LogP contribution in [-0.2, 0) is 5.54 Å². The van der Waals surface area contributed by atoms with Gasteiger partial charge in [0.05, 0.1) is 0 Å². The number of nitrogens with zero attached hydrogens (tertiary/aromatic N) is 2. The zero-order valence-electron chi connectivity index (χ0n) is 16.1. The van der Waals surface area contributed by atoms with E-state index in [9.17, 15) is 0 Å². The zero-order chi connectivity index (χ0) is 19.0. The van der Waals surface area contributed by atoms with Crippen LogP contribution in [0.15, 0.2) is 97.2 Å². The van der Waals surface area contributed by atoms with Crippen LogP contribution in [0, 0.1) is 6.92 Å². The van der Waals surface area contributed by atoms with Crippen molar-refractivity contribution in [2.75, 3.05) is 0 Å². The van der Waals surface area contributed by atoms with Gasteiger partial charge in [0.25, 0.3) is 0 Å². The fourth-order valence-corrected chi connectivity index (χ4v) is 4.49. The van der Waals surface area contributed by atoms with Gasteiger partial charge in [-0.2, -0.15) is 0 Å². The number of hydrogen-bond acceptors (Lipinski definition) is 1. The first kappa shape index (κ1) is 17.0. The van der Waals surface area contributed by atoms with E-state index in [1.165, 1.54) is 35.2 Å². The molecule has 0 radical (unpaired) electrons. The first-order chi connectivity index (χ1) is 13.8. The number of imidazole rings is 1. The Morgan fingerprint density at radius 2 is 1.14 bits per heavy atom. The molecule has 2 heteroatoms. The maximum absolute atomic E-state index is 4.78. The molecule has 1 fully saturated rings. The lowest BCUT2D eigenvalue weighted by molar-refractivity contribution is 0.484. The van der Waals surface area contributed by atoms with Crippen LogP contribution < -0.4 is 0 Å². The van der Waals surface area contributed by atoms with Gasteiger partial charge in [0, 0.05) is 17.8 Å². The minimum atomic E-state index is -0.442. The van der Waals surface area contributed by atoms with E-state index < -0.39 is 5.54 Å². The fourth-order valence-electron chi connectivity index (χ4n) is 4.49. The fraction of sp³-hybridized carbons (Fsp3) is 0.192. The van der Waals surface area contributed by atoms with E-state index in [1.807, 2.05) is 0 Å². The Bertz CT molecular complexity index is 965. The molecule has 0 atom stereocenters. The number of hydrogen-bond donors (Lipinski definition) is 0. The molecule has 3 aromatic carbocycles. The second kappa shape index (κ2) is 6.79. The lowest BCUT2D eigenvalue weighted by atomic mass is 9.76. The van der Waals surface area contributed by atoms with Crippen LogP contribution >= 0.6 is 0 Å². The summed E-state index contributed by atoms with van der Waals surface area (Å²) in [4.78, 5) is 4.78. The lowest BCUT2D eigenvalue weighted by Crippen LogP contribution is -2.39. The summed E-state index contributed by atoms with van der Waals surface area (Å²) >= 11 is 0. The molecule has 1 aliphatic rings. The molecule has 5 rings (SSSR count). The molecular weight excluding hydrogens is 340 g/mol. The average Bonchev–Trinajstić information content (AvgIpc) is 3.54. The quantitative estimate of drug-likeness (QED) is 0.403. The number of rotatable bonds is 5. The monoisotopic (exact) mass is 364 g/mol. The van der Waals surface area contributed by atoms with Gasteiger partial charge in [-0.25, -0.2) is 4.98 Å². The van der Waals surface area contributed by atoms with E-state index in [1.54, 1.807) is 0 Å². The molecule has 28 heavy (non-hydrogen) atoms. The van der Waals surface area contributed by atoms with Crippen molar-refractivity contribution in [2.24, 2.45) is 0 Å². The van der Waals surface area contributed by atoms with E-state index in [-0.39, 0.29) is 0 Å². The van der Waals surface area contributed by atoms with E-state index >= 15 is 0 Å². The minimum Gasteiger partial charge on any atom is -0.313 e.